The number of aryl methyl sites for hydroxylation is 2. The minimum absolute atomic E-state index is 1.17. The van der Waals surface area contributed by atoms with Crippen LogP contribution >= 0.6 is 15.9 Å². The van der Waals surface area contributed by atoms with Crippen molar-refractivity contribution in [1.82, 2.24) is 0 Å². The summed E-state index contributed by atoms with van der Waals surface area (Å²) in [4.78, 5) is 0. The van der Waals surface area contributed by atoms with Crippen molar-refractivity contribution < 1.29 is 0 Å². The maximum absolute atomic E-state index is 3.45. The van der Waals surface area contributed by atoms with Gasteiger partial charge in [-0.1, -0.05) is 29.8 Å². The zero-order chi connectivity index (χ0) is 9.72. The lowest BCUT2D eigenvalue weighted by atomic mass is 10.1. The number of hydrogen-bond acceptors (Lipinski definition) is 0. The summed E-state index contributed by atoms with van der Waals surface area (Å²) in [5.41, 5.74) is 4.10. The van der Waals surface area contributed by atoms with Crippen molar-refractivity contribution in [3.63, 3.8) is 0 Å². The zero-order valence-electron chi connectivity index (χ0n) is 8.53. The minimum atomic E-state index is 1.17. The molecule has 68 valence electrons. The molecule has 0 N–H and O–H groups in total. The topological polar surface area (TPSA) is 0 Å². The molecule has 0 aromatic heterocycles. The highest BCUT2D eigenvalue weighted by molar-refractivity contribution is 9.10. The molecular weight excluding hydrogens is 212 g/mol. The van der Waals surface area contributed by atoms with Gasteiger partial charge in [0.1, 0.15) is 0 Å². The molecule has 1 heteroatoms. The normalized spacial score (nSPS) is 8.83. The van der Waals surface area contributed by atoms with Gasteiger partial charge in [-0.25, -0.2) is 0 Å². The van der Waals surface area contributed by atoms with E-state index in [1.807, 2.05) is 13.8 Å². The Morgan fingerprint density at radius 2 is 1.25 bits per heavy atom. The highest BCUT2D eigenvalue weighted by Gasteiger charge is 1.96. The van der Waals surface area contributed by atoms with Gasteiger partial charge >= 0.3 is 0 Å². The number of hydrogen-bond donors (Lipinski definition) is 0. The van der Waals surface area contributed by atoms with Crippen molar-refractivity contribution in [2.75, 3.05) is 0 Å². The summed E-state index contributed by atoms with van der Waals surface area (Å²) in [5, 5.41) is 0. The predicted octanol–water partition coefficient (Wildman–Crippen LogP) is 4.40. The summed E-state index contributed by atoms with van der Waals surface area (Å²) in [6.45, 7) is 10.4. The Kier molecular flexibility index (Phi) is 5.23. The second kappa shape index (κ2) is 5.36. The van der Waals surface area contributed by atoms with Gasteiger partial charge in [-0.3, -0.25) is 0 Å². The highest BCUT2D eigenvalue weighted by atomic mass is 79.9. The van der Waals surface area contributed by atoms with E-state index in [4.69, 9.17) is 0 Å². The van der Waals surface area contributed by atoms with Crippen LogP contribution in [0.2, 0.25) is 0 Å². The minimum Gasteiger partial charge on any atom is -0.0683 e. The third kappa shape index (κ3) is 2.98. The first-order valence-electron chi connectivity index (χ1n) is 4.34. The first-order valence-corrected chi connectivity index (χ1v) is 5.14. The largest absolute Gasteiger partial charge is 0.0683 e. The molecule has 0 unspecified atom stereocenters. The van der Waals surface area contributed by atoms with Gasteiger partial charge in [0.15, 0.2) is 0 Å². The summed E-state index contributed by atoms with van der Waals surface area (Å²) in [6.07, 6.45) is 0. The zero-order valence-corrected chi connectivity index (χ0v) is 10.1. The van der Waals surface area contributed by atoms with E-state index < -0.39 is 0 Å². The number of benzene rings is 1. The molecule has 0 aliphatic rings. The lowest BCUT2D eigenvalue weighted by Crippen LogP contribution is -1.84. The Hall–Kier alpha value is -0.300. The van der Waals surface area contributed by atoms with Crippen molar-refractivity contribution >= 4 is 15.9 Å². The van der Waals surface area contributed by atoms with Crippen molar-refractivity contribution in [3.8, 4) is 0 Å². The molecule has 12 heavy (non-hydrogen) atoms. The van der Waals surface area contributed by atoms with Crippen molar-refractivity contribution in [2.45, 2.75) is 34.6 Å². The van der Waals surface area contributed by atoms with Gasteiger partial charge in [-0.05, 0) is 49.6 Å². The van der Waals surface area contributed by atoms with Crippen molar-refractivity contribution in [3.05, 3.63) is 33.3 Å². The summed E-state index contributed by atoms with van der Waals surface area (Å²) in [7, 11) is 0. The van der Waals surface area contributed by atoms with Crippen LogP contribution in [0.25, 0.3) is 0 Å². The Morgan fingerprint density at radius 1 is 0.917 bits per heavy atom. The molecule has 0 amide bonds. The molecule has 0 atom stereocenters. The molecule has 1 rings (SSSR count). The van der Waals surface area contributed by atoms with Crippen LogP contribution in [-0.2, 0) is 0 Å². The quantitative estimate of drug-likeness (QED) is 0.618. The summed E-state index contributed by atoms with van der Waals surface area (Å²) < 4.78 is 1.17. The van der Waals surface area contributed by atoms with Gasteiger partial charge in [0.05, 0.1) is 0 Å². The highest BCUT2D eigenvalue weighted by Crippen LogP contribution is 2.18. The predicted molar refractivity (Wildman–Crippen MR) is 59.7 cm³/mol. The molecule has 0 heterocycles. The monoisotopic (exact) mass is 228 g/mol. The molecule has 0 nitrogen and oxygen atoms in total. The van der Waals surface area contributed by atoms with Crippen LogP contribution in [0.4, 0.5) is 0 Å². The fourth-order valence-corrected chi connectivity index (χ4v) is 1.67. The first-order chi connectivity index (χ1) is 5.61. The van der Waals surface area contributed by atoms with Crippen LogP contribution in [-0.4, -0.2) is 0 Å². The number of rotatable bonds is 0. The Bertz CT molecular complexity index is 228. The van der Waals surface area contributed by atoms with Gasteiger partial charge in [-0.15, -0.1) is 0 Å². The lowest BCUT2D eigenvalue weighted by Gasteiger charge is -2.03. The standard InChI is InChI=1S/C9H11Br.C2H6/c1-6-4-9(10)5-7(2)8(6)3;1-2/h4-5H,1-3H3;1-2H3. The van der Waals surface area contributed by atoms with E-state index in [-0.39, 0.29) is 0 Å². The third-order valence-corrected chi connectivity index (χ3v) is 2.35. The maximum Gasteiger partial charge on any atom is 0.0180 e. The second-order valence-electron chi connectivity index (χ2n) is 2.66. The van der Waals surface area contributed by atoms with E-state index in [0.717, 1.165) is 0 Å². The fourth-order valence-electron chi connectivity index (χ4n) is 0.983. The summed E-state index contributed by atoms with van der Waals surface area (Å²) in [6, 6.07) is 4.28. The average molecular weight is 229 g/mol. The smallest absolute Gasteiger partial charge is 0.0180 e. The molecule has 1 aromatic rings. The molecule has 0 fully saturated rings. The van der Waals surface area contributed by atoms with Crippen molar-refractivity contribution in [2.24, 2.45) is 0 Å². The van der Waals surface area contributed by atoms with E-state index in [0.29, 0.717) is 0 Å². The molecule has 0 saturated carbocycles. The van der Waals surface area contributed by atoms with Gasteiger partial charge in [0.2, 0.25) is 0 Å². The maximum atomic E-state index is 3.45. The molecule has 0 aliphatic heterocycles. The van der Waals surface area contributed by atoms with Gasteiger partial charge in [0.25, 0.3) is 0 Å². The van der Waals surface area contributed by atoms with E-state index in [1.54, 1.807) is 0 Å². The van der Waals surface area contributed by atoms with E-state index in [1.165, 1.54) is 21.2 Å². The summed E-state index contributed by atoms with van der Waals surface area (Å²) >= 11 is 3.45. The Balaban J connectivity index is 0.000000561. The van der Waals surface area contributed by atoms with E-state index in [2.05, 4.69) is 48.8 Å². The molecular formula is C11H17Br. The molecule has 0 aliphatic carbocycles. The van der Waals surface area contributed by atoms with E-state index >= 15 is 0 Å². The summed E-state index contributed by atoms with van der Waals surface area (Å²) in [5.74, 6) is 0. The molecule has 0 spiro atoms. The van der Waals surface area contributed by atoms with Gasteiger partial charge < -0.3 is 0 Å². The van der Waals surface area contributed by atoms with Crippen LogP contribution in [0.1, 0.15) is 30.5 Å². The van der Waals surface area contributed by atoms with Crippen LogP contribution in [0.5, 0.6) is 0 Å². The van der Waals surface area contributed by atoms with Gasteiger partial charge in [-0.2, -0.15) is 0 Å². The first kappa shape index (κ1) is 11.7. The molecule has 0 saturated heterocycles. The van der Waals surface area contributed by atoms with Crippen molar-refractivity contribution in [1.29, 1.82) is 0 Å². The number of halogens is 1. The Labute approximate surface area is 84.1 Å². The average Bonchev–Trinajstić information content (AvgIpc) is 2.04. The lowest BCUT2D eigenvalue weighted by molar-refractivity contribution is 1.26. The van der Waals surface area contributed by atoms with E-state index in [9.17, 15) is 0 Å². The SMILES string of the molecule is CC.Cc1cc(Br)cc(C)c1C. The van der Waals surface area contributed by atoms with Crippen LogP contribution in [0.3, 0.4) is 0 Å². The van der Waals surface area contributed by atoms with Crippen LogP contribution in [0, 0.1) is 20.8 Å². The molecule has 0 radical (unpaired) electrons. The molecule has 1 aromatic carbocycles. The third-order valence-electron chi connectivity index (χ3n) is 1.89. The van der Waals surface area contributed by atoms with Gasteiger partial charge in [0, 0.05) is 4.47 Å². The van der Waals surface area contributed by atoms with Crippen LogP contribution < -0.4 is 0 Å². The van der Waals surface area contributed by atoms with Crippen LogP contribution in [0.15, 0.2) is 16.6 Å². The fraction of sp³-hybridized carbons (Fsp3) is 0.455. The second-order valence-corrected chi connectivity index (χ2v) is 3.58. The Morgan fingerprint density at radius 3 is 1.58 bits per heavy atom. The molecule has 0 bridgehead atoms.